The smallest absolute Gasteiger partial charge is 0.266 e. The Morgan fingerprint density at radius 2 is 2.21 bits per heavy atom. The summed E-state index contributed by atoms with van der Waals surface area (Å²) in [6.07, 6.45) is 9.93. The molecule has 1 aliphatic rings. The van der Waals surface area contributed by atoms with Gasteiger partial charge in [0.25, 0.3) is 6.33 Å². The van der Waals surface area contributed by atoms with Gasteiger partial charge in [0.15, 0.2) is 0 Å². The van der Waals surface area contributed by atoms with Crippen LogP contribution in [0.25, 0.3) is 0 Å². The van der Waals surface area contributed by atoms with Gasteiger partial charge in [0.1, 0.15) is 12.6 Å². The number of hydrogen-bond acceptors (Lipinski definition) is 1. The first-order chi connectivity index (χ1) is 8.61. The Bertz CT molecular complexity index is 400. The van der Waals surface area contributed by atoms with Crippen LogP contribution in [-0.2, 0) is 6.54 Å². The first kappa shape index (κ1) is 16.4. The molecule has 1 heterocycles. The summed E-state index contributed by atoms with van der Waals surface area (Å²) in [5, 5.41) is 4.56. The molecule has 0 aromatic carbocycles. The van der Waals surface area contributed by atoms with E-state index in [0.29, 0.717) is 6.04 Å². The normalized spacial score (nSPS) is 27.1. The summed E-state index contributed by atoms with van der Waals surface area (Å²) < 4.78 is 4.29. The minimum absolute atomic E-state index is 0. The maximum atomic E-state index is 4.56. The highest BCUT2D eigenvalue weighted by Crippen LogP contribution is 2.37. The van der Waals surface area contributed by atoms with Crippen LogP contribution in [0.2, 0.25) is 0 Å². The van der Waals surface area contributed by atoms with E-state index in [2.05, 4.69) is 48.0 Å². The highest BCUT2D eigenvalue weighted by atomic mass is 79.9. The Balaban J connectivity index is 0.00000180. The molecule has 1 aromatic rings. The van der Waals surface area contributed by atoms with Crippen LogP contribution in [0, 0.1) is 17.8 Å². The molecule has 0 saturated heterocycles. The molecular weight excluding hydrogens is 302 g/mol. The van der Waals surface area contributed by atoms with Crippen LogP contribution in [0.5, 0.6) is 0 Å². The number of nitrogens with zero attached hydrogens (tertiary/aromatic N) is 3. The Morgan fingerprint density at radius 3 is 2.84 bits per heavy atom. The molecule has 108 valence electrons. The van der Waals surface area contributed by atoms with Gasteiger partial charge in [-0.15, -0.1) is 4.68 Å². The molecule has 4 heteroatoms. The number of hydrogen-bond donors (Lipinski definition) is 0. The Morgan fingerprint density at radius 1 is 1.47 bits per heavy atom. The minimum Gasteiger partial charge on any atom is -1.00 e. The van der Waals surface area contributed by atoms with E-state index in [4.69, 9.17) is 0 Å². The van der Waals surface area contributed by atoms with Crippen LogP contribution in [-0.4, -0.2) is 9.67 Å². The molecule has 0 aliphatic heterocycles. The van der Waals surface area contributed by atoms with Gasteiger partial charge >= 0.3 is 0 Å². The van der Waals surface area contributed by atoms with E-state index in [1.165, 1.54) is 19.3 Å². The largest absolute Gasteiger partial charge is 1.00 e. The summed E-state index contributed by atoms with van der Waals surface area (Å²) in [7, 11) is 0. The molecule has 2 rings (SSSR count). The Kier molecular flexibility index (Phi) is 6.24. The second-order valence-electron chi connectivity index (χ2n) is 6.11. The number of aromatic nitrogens is 3. The standard InChI is InChI=1S/C15H26N3.BrH/c1-5-8-17-10-16-18(11-17)15-9-13(4)6-7-14(15)12(2)3;/h5,10-15H,1,6-9H2,2-4H3;1H/q+1;/p-1/t13-,14?,15?;/m0./s1. The minimum atomic E-state index is 0. The topological polar surface area (TPSA) is 21.7 Å². The second-order valence-corrected chi connectivity index (χ2v) is 6.11. The quantitative estimate of drug-likeness (QED) is 0.563. The maximum absolute atomic E-state index is 4.56. The number of allylic oxidation sites excluding steroid dienone is 1. The van der Waals surface area contributed by atoms with Gasteiger partial charge in [-0.3, -0.25) is 0 Å². The van der Waals surface area contributed by atoms with Gasteiger partial charge in [0.2, 0.25) is 6.33 Å². The number of rotatable bonds is 4. The van der Waals surface area contributed by atoms with E-state index in [-0.39, 0.29) is 17.0 Å². The molecule has 0 radical (unpaired) electrons. The molecule has 19 heavy (non-hydrogen) atoms. The average Bonchev–Trinajstić information content (AvgIpc) is 2.77. The van der Waals surface area contributed by atoms with Crippen molar-refractivity contribution in [1.82, 2.24) is 9.67 Å². The van der Waals surface area contributed by atoms with Gasteiger partial charge in [-0.1, -0.05) is 39.8 Å². The summed E-state index contributed by atoms with van der Waals surface area (Å²) in [6, 6.07) is 0.569. The third-order valence-corrected chi connectivity index (χ3v) is 4.27. The summed E-state index contributed by atoms with van der Waals surface area (Å²) in [5.41, 5.74) is 0. The fourth-order valence-electron chi connectivity index (χ4n) is 3.21. The molecule has 0 spiro atoms. The third-order valence-electron chi connectivity index (χ3n) is 4.27. The van der Waals surface area contributed by atoms with Crippen molar-refractivity contribution in [2.45, 2.75) is 52.6 Å². The summed E-state index contributed by atoms with van der Waals surface area (Å²) >= 11 is 0. The molecule has 2 unspecified atom stereocenters. The summed E-state index contributed by atoms with van der Waals surface area (Å²) in [6.45, 7) is 11.7. The molecule has 1 fully saturated rings. The average molecular weight is 328 g/mol. The lowest BCUT2D eigenvalue weighted by Gasteiger charge is -2.34. The molecule has 1 aromatic heterocycles. The summed E-state index contributed by atoms with van der Waals surface area (Å²) in [5.74, 6) is 2.32. The van der Waals surface area contributed by atoms with Gasteiger partial charge in [0.05, 0.1) is 0 Å². The van der Waals surface area contributed by atoms with Crippen molar-refractivity contribution in [3.8, 4) is 0 Å². The van der Waals surface area contributed by atoms with Crippen molar-refractivity contribution in [3.63, 3.8) is 0 Å². The van der Waals surface area contributed by atoms with Crippen molar-refractivity contribution in [1.29, 1.82) is 0 Å². The zero-order valence-corrected chi connectivity index (χ0v) is 13.9. The van der Waals surface area contributed by atoms with Crippen LogP contribution >= 0.6 is 0 Å². The molecule has 1 aliphatic carbocycles. The summed E-state index contributed by atoms with van der Waals surface area (Å²) in [4.78, 5) is 0. The molecule has 0 amide bonds. The van der Waals surface area contributed by atoms with E-state index < -0.39 is 0 Å². The van der Waals surface area contributed by atoms with Crippen molar-refractivity contribution in [2.75, 3.05) is 0 Å². The lowest BCUT2D eigenvalue weighted by molar-refractivity contribution is -0.785. The predicted molar refractivity (Wildman–Crippen MR) is 73.0 cm³/mol. The van der Waals surface area contributed by atoms with Crippen molar-refractivity contribution in [2.24, 2.45) is 17.8 Å². The highest BCUT2D eigenvalue weighted by Gasteiger charge is 2.35. The zero-order chi connectivity index (χ0) is 13.1. The van der Waals surface area contributed by atoms with Gasteiger partial charge in [0, 0.05) is 5.92 Å². The number of halogens is 1. The molecule has 3 atom stereocenters. The second kappa shape index (κ2) is 7.22. The van der Waals surface area contributed by atoms with Gasteiger partial charge in [-0.05, 0) is 29.8 Å². The molecule has 0 N–H and O–H groups in total. The lowest BCUT2D eigenvalue weighted by Crippen LogP contribution is -3.00. The van der Waals surface area contributed by atoms with Gasteiger partial charge < -0.3 is 17.0 Å². The molecular formula is C15H26BrN3. The third kappa shape index (κ3) is 3.91. The van der Waals surface area contributed by atoms with Crippen LogP contribution in [0.1, 0.15) is 46.1 Å². The van der Waals surface area contributed by atoms with E-state index >= 15 is 0 Å². The van der Waals surface area contributed by atoms with Crippen LogP contribution in [0.4, 0.5) is 0 Å². The fraction of sp³-hybridized carbons (Fsp3) is 0.733. The van der Waals surface area contributed by atoms with Crippen LogP contribution in [0.3, 0.4) is 0 Å². The predicted octanol–water partition coefficient (Wildman–Crippen LogP) is -0.00610. The van der Waals surface area contributed by atoms with Crippen LogP contribution in [0.15, 0.2) is 25.3 Å². The molecule has 1 saturated carbocycles. The van der Waals surface area contributed by atoms with E-state index in [9.17, 15) is 0 Å². The highest BCUT2D eigenvalue weighted by molar-refractivity contribution is 4.78. The van der Waals surface area contributed by atoms with Crippen molar-refractivity contribution < 1.29 is 21.7 Å². The first-order valence-corrected chi connectivity index (χ1v) is 7.16. The monoisotopic (exact) mass is 327 g/mol. The fourth-order valence-corrected chi connectivity index (χ4v) is 3.21. The van der Waals surface area contributed by atoms with Gasteiger partial charge in [-0.25, -0.2) is 4.57 Å². The maximum Gasteiger partial charge on any atom is 0.266 e. The molecule has 3 nitrogen and oxygen atoms in total. The molecule has 0 bridgehead atoms. The van der Waals surface area contributed by atoms with Crippen molar-refractivity contribution >= 4 is 0 Å². The Hall–Kier alpha value is -0.640. The van der Waals surface area contributed by atoms with Crippen molar-refractivity contribution in [3.05, 3.63) is 25.3 Å². The Labute approximate surface area is 127 Å². The lowest BCUT2D eigenvalue weighted by atomic mass is 9.74. The zero-order valence-electron chi connectivity index (χ0n) is 12.3. The van der Waals surface area contributed by atoms with E-state index in [1.807, 2.05) is 12.4 Å². The van der Waals surface area contributed by atoms with E-state index in [1.54, 1.807) is 0 Å². The van der Waals surface area contributed by atoms with E-state index in [0.717, 1.165) is 24.3 Å². The first-order valence-electron chi connectivity index (χ1n) is 7.16. The van der Waals surface area contributed by atoms with Crippen LogP contribution < -0.4 is 21.7 Å². The SMILES string of the molecule is C=CCn1cn[n+](C2C[C@@H](C)CCC2C(C)C)c1.[Br-]. The van der Waals surface area contributed by atoms with Gasteiger partial charge in [-0.2, -0.15) is 0 Å².